The fourth-order valence-corrected chi connectivity index (χ4v) is 1.75. The van der Waals surface area contributed by atoms with E-state index in [1.807, 2.05) is 6.08 Å². The molecule has 1 nitrogen and oxygen atoms in total. The Kier molecular flexibility index (Phi) is 9.55. The molecular weight excluding hydrogens is 184 g/mol. The summed E-state index contributed by atoms with van der Waals surface area (Å²) in [6.07, 6.45) is 12.1. The fraction of sp³-hybridized carbons (Fsp3) is 0.786. The highest BCUT2D eigenvalue weighted by atomic mass is 16.1. The normalized spacial score (nSPS) is 13.6. The molecule has 0 heterocycles. The van der Waals surface area contributed by atoms with Crippen molar-refractivity contribution in [2.24, 2.45) is 11.8 Å². The van der Waals surface area contributed by atoms with Gasteiger partial charge in [-0.1, -0.05) is 52.5 Å². The number of carbonyl (C=O) groups excluding carboxylic acids is 1. The molecular formula is C14H26O. The van der Waals surface area contributed by atoms with Gasteiger partial charge < -0.3 is 0 Å². The van der Waals surface area contributed by atoms with E-state index in [-0.39, 0.29) is 0 Å². The summed E-state index contributed by atoms with van der Waals surface area (Å²) in [6, 6.07) is 0. The highest BCUT2D eigenvalue weighted by Gasteiger charge is 2.02. The van der Waals surface area contributed by atoms with E-state index in [1.54, 1.807) is 6.08 Å². The van der Waals surface area contributed by atoms with E-state index in [0.29, 0.717) is 0 Å². The molecule has 88 valence electrons. The predicted octanol–water partition coefficient (Wildman–Crippen LogP) is 4.37. The first-order valence-electron chi connectivity index (χ1n) is 6.27. The van der Waals surface area contributed by atoms with Gasteiger partial charge in [0, 0.05) is 0 Å². The number of rotatable bonds is 9. The van der Waals surface area contributed by atoms with E-state index >= 15 is 0 Å². The first-order valence-corrected chi connectivity index (χ1v) is 6.27. The van der Waals surface area contributed by atoms with Crippen molar-refractivity contribution in [2.45, 2.75) is 59.3 Å². The maximum atomic E-state index is 10.0. The van der Waals surface area contributed by atoms with Gasteiger partial charge in [0.1, 0.15) is 6.29 Å². The molecule has 0 saturated heterocycles. The fourth-order valence-electron chi connectivity index (χ4n) is 1.75. The molecule has 0 aliphatic carbocycles. The van der Waals surface area contributed by atoms with Crippen LogP contribution in [0.2, 0.25) is 0 Å². The van der Waals surface area contributed by atoms with E-state index in [1.165, 1.54) is 32.1 Å². The molecule has 0 amide bonds. The summed E-state index contributed by atoms with van der Waals surface area (Å²) in [5, 5.41) is 0. The Hall–Kier alpha value is -0.590. The summed E-state index contributed by atoms with van der Waals surface area (Å²) in [5.41, 5.74) is 0. The maximum Gasteiger partial charge on any atom is 0.142 e. The molecule has 0 N–H and O–H groups in total. The number of unbranched alkanes of at least 4 members (excludes halogenated alkanes) is 1. The standard InChI is InChI=1S/C14H26O/c1-13(2)9-8-11-14(3)10-6-4-5-7-12-15/h5,7,12-14H,4,6,8-11H2,1-3H3/t14-/m0/s1. The highest BCUT2D eigenvalue weighted by Crippen LogP contribution is 2.17. The summed E-state index contributed by atoms with van der Waals surface area (Å²) in [6.45, 7) is 6.91. The van der Waals surface area contributed by atoms with Crippen molar-refractivity contribution >= 4 is 6.29 Å². The quantitative estimate of drug-likeness (QED) is 0.314. The average Bonchev–Trinajstić information content (AvgIpc) is 2.17. The van der Waals surface area contributed by atoms with E-state index < -0.39 is 0 Å². The zero-order chi connectivity index (χ0) is 11.5. The molecule has 0 aromatic rings. The first kappa shape index (κ1) is 14.4. The van der Waals surface area contributed by atoms with Crippen molar-refractivity contribution in [3.05, 3.63) is 12.2 Å². The van der Waals surface area contributed by atoms with Crippen LogP contribution in [0.5, 0.6) is 0 Å². The van der Waals surface area contributed by atoms with Crippen LogP contribution in [-0.4, -0.2) is 6.29 Å². The third kappa shape index (κ3) is 11.3. The zero-order valence-electron chi connectivity index (χ0n) is 10.5. The van der Waals surface area contributed by atoms with Crippen molar-refractivity contribution in [2.75, 3.05) is 0 Å². The van der Waals surface area contributed by atoms with Crippen LogP contribution in [0.15, 0.2) is 12.2 Å². The molecule has 0 aromatic carbocycles. The Bertz CT molecular complexity index is 170. The predicted molar refractivity (Wildman–Crippen MR) is 66.9 cm³/mol. The monoisotopic (exact) mass is 210 g/mol. The van der Waals surface area contributed by atoms with Gasteiger partial charge in [0.2, 0.25) is 0 Å². The largest absolute Gasteiger partial charge is 0.299 e. The number of allylic oxidation sites excluding steroid dienone is 2. The van der Waals surface area contributed by atoms with Crippen molar-refractivity contribution in [1.29, 1.82) is 0 Å². The van der Waals surface area contributed by atoms with E-state index in [0.717, 1.165) is 24.5 Å². The van der Waals surface area contributed by atoms with Crippen LogP contribution in [0.3, 0.4) is 0 Å². The number of hydrogen-bond acceptors (Lipinski definition) is 1. The molecule has 1 heteroatoms. The molecule has 0 bridgehead atoms. The summed E-state index contributed by atoms with van der Waals surface area (Å²) in [4.78, 5) is 10.0. The zero-order valence-corrected chi connectivity index (χ0v) is 10.5. The number of carbonyl (C=O) groups is 1. The van der Waals surface area contributed by atoms with E-state index in [4.69, 9.17) is 0 Å². The second-order valence-electron chi connectivity index (χ2n) is 4.93. The van der Waals surface area contributed by atoms with E-state index in [9.17, 15) is 4.79 Å². The minimum Gasteiger partial charge on any atom is -0.299 e. The van der Waals surface area contributed by atoms with Gasteiger partial charge in [-0.3, -0.25) is 4.79 Å². The molecule has 0 unspecified atom stereocenters. The van der Waals surface area contributed by atoms with Gasteiger partial charge in [0.25, 0.3) is 0 Å². The van der Waals surface area contributed by atoms with Gasteiger partial charge in [-0.15, -0.1) is 0 Å². The lowest BCUT2D eigenvalue weighted by molar-refractivity contribution is -0.104. The Balaban J connectivity index is 3.29. The second kappa shape index (κ2) is 9.95. The maximum absolute atomic E-state index is 10.0. The van der Waals surface area contributed by atoms with Gasteiger partial charge in [0.15, 0.2) is 0 Å². The van der Waals surface area contributed by atoms with Crippen LogP contribution in [0.25, 0.3) is 0 Å². The SMILES string of the molecule is CC(C)CCC[C@@H](C)CCCC=CC=O. The molecule has 0 radical (unpaired) electrons. The lowest BCUT2D eigenvalue weighted by Crippen LogP contribution is -1.96. The topological polar surface area (TPSA) is 17.1 Å². The minimum atomic E-state index is 0.840. The van der Waals surface area contributed by atoms with Crippen LogP contribution < -0.4 is 0 Å². The summed E-state index contributed by atoms with van der Waals surface area (Å²) in [5.74, 6) is 1.68. The van der Waals surface area contributed by atoms with Gasteiger partial charge >= 0.3 is 0 Å². The summed E-state index contributed by atoms with van der Waals surface area (Å²) < 4.78 is 0. The highest BCUT2D eigenvalue weighted by molar-refractivity contribution is 5.64. The number of hydrogen-bond donors (Lipinski definition) is 0. The Morgan fingerprint density at radius 2 is 1.67 bits per heavy atom. The summed E-state index contributed by atoms with van der Waals surface area (Å²) >= 11 is 0. The molecule has 0 aliphatic rings. The Morgan fingerprint density at radius 3 is 2.27 bits per heavy atom. The molecule has 15 heavy (non-hydrogen) atoms. The molecule has 0 aromatic heterocycles. The van der Waals surface area contributed by atoms with Gasteiger partial charge in [-0.25, -0.2) is 0 Å². The van der Waals surface area contributed by atoms with Crippen LogP contribution in [0, 0.1) is 11.8 Å². The molecule has 0 rings (SSSR count). The van der Waals surface area contributed by atoms with Crippen molar-refractivity contribution in [3.8, 4) is 0 Å². The van der Waals surface area contributed by atoms with Gasteiger partial charge in [-0.05, 0) is 30.8 Å². The lowest BCUT2D eigenvalue weighted by Gasteiger charge is -2.11. The molecule has 1 atom stereocenters. The van der Waals surface area contributed by atoms with E-state index in [2.05, 4.69) is 20.8 Å². The third-order valence-electron chi connectivity index (χ3n) is 2.76. The van der Waals surface area contributed by atoms with Gasteiger partial charge in [0.05, 0.1) is 0 Å². The van der Waals surface area contributed by atoms with Crippen LogP contribution in [-0.2, 0) is 4.79 Å². The second-order valence-corrected chi connectivity index (χ2v) is 4.93. The van der Waals surface area contributed by atoms with Crippen LogP contribution >= 0.6 is 0 Å². The van der Waals surface area contributed by atoms with Crippen LogP contribution in [0.1, 0.15) is 59.3 Å². The lowest BCUT2D eigenvalue weighted by atomic mass is 9.95. The Labute approximate surface area is 95.0 Å². The van der Waals surface area contributed by atoms with Crippen LogP contribution in [0.4, 0.5) is 0 Å². The molecule has 0 spiro atoms. The third-order valence-corrected chi connectivity index (χ3v) is 2.76. The smallest absolute Gasteiger partial charge is 0.142 e. The molecule has 0 saturated carbocycles. The van der Waals surface area contributed by atoms with Gasteiger partial charge in [-0.2, -0.15) is 0 Å². The minimum absolute atomic E-state index is 0.840. The molecule has 0 aliphatic heterocycles. The summed E-state index contributed by atoms with van der Waals surface area (Å²) in [7, 11) is 0. The first-order chi connectivity index (χ1) is 7.16. The Morgan fingerprint density at radius 1 is 1.00 bits per heavy atom. The number of aldehydes is 1. The molecule has 0 fully saturated rings. The van der Waals surface area contributed by atoms with Crippen molar-refractivity contribution < 1.29 is 4.79 Å². The van der Waals surface area contributed by atoms with Crippen molar-refractivity contribution in [3.63, 3.8) is 0 Å². The average molecular weight is 210 g/mol. The van der Waals surface area contributed by atoms with Crippen molar-refractivity contribution in [1.82, 2.24) is 0 Å².